The average molecular weight is 298 g/mol. The van der Waals surface area contributed by atoms with Crippen molar-refractivity contribution in [3.05, 3.63) is 5.51 Å². The monoisotopic (exact) mass is 298 g/mol. The normalized spacial score (nSPS) is 18.1. The molecule has 2 rings (SSSR count). The molecule has 0 saturated heterocycles. The Bertz CT molecular complexity index is 405. The topological polar surface area (TPSA) is 78.4 Å². The van der Waals surface area contributed by atoms with Crippen molar-refractivity contribution in [1.82, 2.24) is 15.1 Å². The summed E-state index contributed by atoms with van der Waals surface area (Å²) in [6.07, 6.45) is 5.48. The van der Waals surface area contributed by atoms with E-state index in [1.54, 1.807) is 12.4 Å². The molecule has 0 radical (unpaired) electrons. The molecule has 1 aliphatic rings. The van der Waals surface area contributed by atoms with Crippen molar-refractivity contribution in [3.63, 3.8) is 0 Å². The van der Waals surface area contributed by atoms with Gasteiger partial charge in [-0.2, -0.15) is 0 Å². The van der Waals surface area contributed by atoms with Crippen molar-refractivity contribution >= 4 is 22.4 Å². The van der Waals surface area contributed by atoms with E-state index < -0.39 is 6.10 Å². The standard InChI is InChI=1S/C13H22N4O2S/c1-10(18)7-17(11-5-3-2-4-6-11)8-12(19)15-13-16-14-9-20-13/h9-11,18H,2-8H2,1H3,(H,15,16,19). The van der Waals surface area contributed by atoms with Crippen molar-refractivity contribution in [1.29, 1.82) is 0 Å². The molecule has 1 saturated carbocycles. The predicted molar refractivity (Wildman–Crippen MR) is 78.7 cm³/mol. The van der Waals surface area contributed by atoms with Gasteiger partial charge in [0, 0.05) is 12.6 Å². The molecule has 0 bridgehead atoms. The lowest BCUT2D eigenvalue weighted by Crippen LogP contribution is -2.45. The number of carbonyl (C=O) groups is 1. The van der Waals surface area contributed by atoms with Gasteiger partial charge in [0.2, 0.25) is 11.0 Å². The summed E-state index contributed by atoms with van der Waals surface area (Å²) in [5.74, 6) is -0.0898. The van der Waals surface area contributed by atoms with Gasteiger partial charge in [0.15, 0.2) is 0 Å². The van der Waals surface area contributed by atoms with Crippen LogP contribution in [0.1, 0.15) is 39.0 Å². The van der Waals surface area contributed by atoms with Gasteiger partial charge in [0.05, 0.1) is 12.6 Å². The third kappa shape index (κ3) is 4.81. The molecule has 0 aliphatic heterocycles. The average Bonchev–Trinajstić information content (AvgIpc) is 2.91. The zero-order chi connectivity index (χ0) is 14.4. The first-order chi connectivity index (χ1) is 9.65. The van der Waals surface area contributed by atoms with E-state index in [0.29, 0.717) is 24.3 Å². The largest absolute Gasteiger partial charge is 0.392 e. The van der Waals surface area contributed by atoms with Gasteiger partial charge in [0.25, 0.3) is 0 Å². The Morgan fingerprint density at radius 3 is 2.90 bits per heavy atom. The van der Waals surface area contributed by atoms with Crippen LogP contribution in [0.3, 0.4) is 0 Å². The molecule has 1 atom stereocenters. The zero-order valence-corrected chi connectivity index (χ0v) is 12.6. The molecule has 20 heavy (non-hydrogen) atoms. The smallest absolute Gasteiger partial charge is 0.240 e. The van der Waals surface area contributed by atoms with Crippen LogP contribution in [0.5, 0.6) is 0 Å². The number of amides is 1. The lowest BCUT2D eigenvalue weighted by molar-refractivity contribution is -0.118. The highest BCUT2D eigenvalue weighted by atomic mass is 32.1. The van der Waals surface area contributed by atoms with Gasteiger partial charge in [-0.05, 0) is 19.8 Å². The van der Waals surface area contributed by atoms with Gasteiger partial charge in [-0.1, -0.05) is 30.6 Å². The SMILES string of the molecule is CC(O)CN(CC(=O)Nc1nncs1)C1CCCCC1. The van der Waals surface area contributed by atoms with E-state index in [0.717, 1.165) is 12.8 Å². The number of aliphatic hydroxyl groups excluding tert-OH is 1. The highest BCUT2D eigenvalue weighted by Gasteiger charge is 2.24. The third-order valence-corrected chi connectivity index (χ3v) is 4.15. The van der Waals surface area contributed by atoms with Crippen molar-refractivity contribution < 1.29 is 9.90 Å². The van der Waals surface area contributed by atoms with E-state index in [1.165, 1.54) is 30.6 Å². The molecule has 1 fully saturated rings. The van der Waals surface area contributed by atoms with Crippen LogP contribution in [0.15, 0.2) is 5.51 Å². The van der Waals surface area contributed by atoms with Gasteiger partial charge >= 0.3 is 0 Å². The van der Waals surface area contributed by atoms with E-state index >= 15 is 0 Å². The Morgan fingerprint density at radius 2 is 2.30 bits per heavy atom. The van der Waals surface area contributed by atoms with E-state index in [-0.39, 0.29) is 5.91 Å². The summed E-state index contributed by atoms with van der Waals surface area (Å²) in [5, 5.41) is 20.4. The number of carbonyl (C=O) groups excluding carboxylic acids is 1. The minimum atomic E-state index is -0.425. The first-order valence-corrected chi connectivity index (χ1v) is 8.01. The summed E-state index contributed by atoms with van der Waals surface area (Å²) in [5.41, 5.74) is 1.59. The minimum absolute atomic E-state index is 0.0898. The second-order valence-corrected chi connectivity index (χ2v) is 6.20. The van der Waals surface area contributed by atoms with E-state index in [9.17, 15) is 9.90 Å². The number of rotatable bonds is 6. The Kier molecular flexibility index (Phi) is 5.87. The first kappa shape index (κ1) is 15.3. The number of hydrogen-bond donors (Lipinski definition) is 2. The van der Waals surface area contributed by atoms with Gasteiger partial charge < -0.3 is 5.11 Å². The van der Waals surface area contributed by atoms with Crippen LogP contribution in [0, 0.1) is 0 Å². The van der Waals surface area contributed by atoms with E-state index in [2.05, 4.69) is 20.4 Å². The summed E-state index contributed by atoms with van der Waals surface area (Å²) in [6, 6.07) is 0.401. The fourth-order valence-electron chi connectivity index (χ4n) is 2.70. The van der Waals surface area contributed by atoms with Crippen molar-refractivity contribution in [2.75, 3.05) is 18.4 Å². The molecule has 112 valence electrons. The van der Waals surface area contributed by atoms with Crippen LogP contribution in [0.4, 0.5) is 5.13 Å². The van der Waals surface area contributed by atoms with Crippen LogP contribution in [-0.2, 0) is 4.79 Å². The molecule has 1 amide bonds. The van der Waals surface area contributed by atoms with Gasteiger partial charge in [-0.3, -0.25) is 15.0 Å². The molecule has 7 heteroatoms. The lowest BCUT2D eigenvalue weighted by atomic mass is 9.94. The number of aromatic nitrogens is 2. The summed E-state index contributed by atoms with van der Waals surface area (Å²) >= 11 is 1.31. The van der Waals surface area contributed by atoms with Crippen molar-refractivity contribution in [2.45, 2.75) is 51.2 Å². The maximum atomic E-state index is 12.0. The maximum absolute atomic E-state index is 12.0. The van der Waals surface area contributed by atoms with E-state index in [4.69, 9.17) is 0 Å². The van der Waals surface area contributed by atoms with Gasteiger partial charge in [-0.25, -0.2) is 0 Å². The van der Waals surface area contributed by atoms with Gasteiger partial charge in [0.1, 0.15) is 5.51 Å². The molecule has 0 aromatic carbocycles. The number of anilines is 1. The van der Waals surface area contributed by atoms with Crippen LogP contribution in [-0.4, -0.2) is 51.3 Å². The Morgan fingerprint density at radius 1 is 1.55 bits per heavy atom. The summed E-state index contributed by atoms with van der Waals surface area (Å²) in [4.78, 5) is 14.1. The second-order valence-electron chi connectivity index (χ2n) is 5.36. The summed E-state index contributed by atoms with van der Waals surface area (Å²) < 4.78 is 0. The van der Waals surface area contributed by atoms with Gasteiger partial charge in [-0.15, -0.1) is 10.2 Å². The number of aliphatic hydroxyl groups is 1. The Labute approximate surface area is 123 Å². The molecular formula is C13H22N4O2S. The number of nitrogens with one attached hydrogen (secondary N) is 1. The molecule has 1 aromatic heterocycles. The highest BCUT2D eigenvalue weighted by molar-refractivity contribution is 7.13. The quantitative estimate of drug-likeness (QED) is 0.832. The molecule has 1 heterocycles. The molecule has 1 aromatic rings. The van der Waals surface area contributed by atoms with E-state index in [1.807, 2.05) is 0 Å². The highest BCUT2D eigenvalue weighted by Crippen LogP contribution is 2.22. The zero-order valence-electron chi connectivity index (χ0n) is 11.8. The molecule has 2 N–H and O–H groups in total. The van der Waals surface area contributed by atoms with Crippen LogP contribution >= 0.6 is 11.3 Å². The third-order valence-electron chi connectivity index (χ3n) is 3.54. The predicted octanol–water partition coefficient (Wildman–Crippen LogP) is 1.49. The number of hydrogen-bond acceptors (Lipinski definition) is 6. The van der Waals surface area contributed by atoms with Crippen LogP contribution < -0.4 is 5.32 Å². The second kappa shape index (κ2) is 7.66. The fourth-order valence-corrected chi connectivity index (χ4v) is 3.16. The lowest BCUT2D eigenvalue weighted by Gasteiger charge is -2.34. The molecule has 0 spiro atoms. The molecule has 6 nitrogen and oxygen atoms in total. The minimum Gasteiger partial charge on any atom is -0.392 e. The summed E-state index contributed by atoms with van der Waals surface area (Å²) in [7, 11) is 0. The Balaban J connectivity index is 1.90. The van der Waals surface area contributed by atoms with Crippen LogP contribution in [0.2, 0.25) is 0 Å². The van der Waals surface area contributed by atoms with Crippen molar-refractivity contribution in [3.8, 4) is 0 Å². The van der Waals surface area contributed by atoms with Crippen LogP contribution in [0.25, 0.3) is 0 Å². The Hall–Kier alpha value is -1.05. The fraction of sp³-hybridized carbons (Fsp3) is 0.769. The molecular weight excluding hydrogens is 276 g/mol. The number of nitrogens with zero attached hydrogens (tertiary/aromatic N) is 3. The van der Waals surface area contributed by atoms with Crippen molar-refractivity contribution in [2.24, 2.45) is 0 Å². The molecule has 1 aliphatic carbocycles. The summed E-state index contributed by atoms with van der Waals surface area (Å²) in [6.45, 7) is 2.60. The maximum Gasteiger partial charge on any atom is 0.240 e. The first-order valence-electron chi connectivity index (χ1n) is 7.13. The molecule has 1 unspecified atom stereocenters.